The molecule has 0 radical (unpaired) electrons. The number of hydrogen-bond acceptors (Lipinski definition) is 8. The van der Waals surface area contributed by atoms with Gasteiger partial charge in [-0.25, -0.2) is 9.59 Å². The molecule has 194 valence electrons. The molecule has 2 aromatic carbocycles. The molecule has 2 rings (SSSR count). The Hall–Kier alpha value is -4.46. The Morgan fingerprint density at radius 2 is 1.62 bits per heavy atom. The van der Waals surface area contributed by atoms with Gasteiger partial charge in [0.1, 0.15) is 11.5 Å². The van der Waals surface area contributed by atoms with Crippen molar-refractivity contribution in [1.82, 2.24) is 0 Å². The third-order valence-electron chi connectivity index (χ3n) is 5.10. The van der Waals surface area contributed by atoms with Crippen LogP contribution < -0.4 is 9.47 Å². The molecule has 0 atom stereocenters. The fraction of sp³-hybridized carbons (Fsp3) is 0.241. The Morgan fingerprint density at radius 1 is 0.946 bits per heavy atom. The van der Waals surface area contributed by atoms with Crippen LogP contribution in [0.4, 0.5) is 0 Å². The Kier molecular flexibility index (Phi) is 11.5. The molecule has 0 N–H and O–H groups in total. The number of ether oxygens (including phenoxy) is 4. The van der Waals surface area contributed by atoms with Crippen LogP contribution >= 0.6 is 0 Å². The Bertz CT molecular complexity index is 1170. The van der Waals surface area contributed by atoms with E-state index in [4.69, 9.17) is 14.2 Å². The largest absolute Gasteiger partial charge is 0.494 e. The fourth-order valence-corrected chi connectivity index (χ4v) is 3.00. The van der Waals surface area contributed by atoms with Gasteiger partial charge in [-0.2, -0.15) is 0 Å². The average Bonchev–Trinajstić information content (AvgIpc) is 2.89. The van der Waals surface area contributed by atoms with E-state index in [0.29, 0.717) is 30.9 Å². The van der Waals surface area contributed by atoms with Gasteiger partial charge in [0.15, 0.2) is 5.78 Å². The van der Waals surface area contributed by atoms with Gasteiger partial charge < -0.3 is 18.9 Å². The number of allylic oxidation sites excluding steroid dienone is 1. The van der Waals surface area contributed by atoms with Crippen molar-refractivity contribution in [3.8, 4) is 11.5 Å². The van der Waals surface area contributed by atoms with Crippen molar-refractivity contribution < 1.29 is 38.1 Å². The number of hydrogen-bond donors (Lipinski definition) is 0. The highest BCUT2D eigenvalue weighted by Crippen LogP contribution is 2.20. The van der Waals surface area contributed by atoms with Crippen LogP contribution in [0.2, 0.25) is 0 Å². The van der Waals surface area contributed by atoms with E-state index in [1.54, 1.807) is 18.2 Å². The molecule has 0 heterocycles. The molecule has 0 spiro atoms. The normalized spacial score (nSPS) is 10.4. The summed E-state index contributed by atoms with van der Waals surface area (Å²) in [6.07, 6.45) is 5.48. The lowest BCUT2D eigenvalue weighted by molar-refractivity contribution is -0.141. The van der Waals surface area contributed by atoms with Gasteiger partial charge in [0, 0.05) is 17.2 Å². The van der Waals surface area contributed by atoms with Crippen LogP contribution in [0.25, 0.3) is 6.08 Å². The van der Waals surface area contributed by atoms with Gasteiger partial charge >= 0.3 is 17.9 Å². The van der Waals surface area contributed by atoms with Crippen molar-refractivity contribution in [2.45, 2.75) is 26.2 Å². The van der Waals surface area contributed by atoms with Crippen LogP contribution in [0.3, 0.4) is 0 Å². The van der Waals surface area contributed by atoms with Crippen molar-refractivity contribution in [3.05, 3.63) is 90.0 Å². The summed E-state index contributed by atoms with van der Waals surface area (Å²) in [6.45, 7) is 9.60. The van der Waals surface area contributed by atoms with Crippen LogP contribution in [0.5, 0.6) is 11.5 Å². The molecule has 0 aromatic heterocycles. The molecular formula is C29H30O8. The number of benzene rings is 2. The maximum atomic E-state index is 12.6. The van der Waals surface area contributed by atoms with Crippen molar-refractivity contribution in [3.63, 3.8) is 0 Å². The first-order valence-electron chi connectivity index (χ1n) is 11.6. The molecule has 8 heteroatoms. The van der Waals surface area contributed by atoms with Gasteiger partial charge in [0.25, 0.3) is 0 Å². The summed E-state index contributed by atoms with van der Waals surface area (Å²) in [5, 5.41) is 0. The predicted octanol–water partition coefficient (Wildman–Crippen LogP) is 4.80. The highest BCUT2D eigenvalue weighted by Gasteiger charge is 2.14. The van der Waals surface area contributed by atoms with E-state index in [9.17, 15) is 19.2 Å². The lowest BCUT2D eigenvalue weighted by Gasteiger charge is -2.09. The smallest absolute Gasteiger partial charge is 0.339 e. The molecule has 2 aromatic rings. The summed E-state index contributed by atoms with van der Waals surface area (Å²) < 4.78 is 20.3. The Labute approximate surface area is 216 Å². The molecule has 0 aliphatic rings. The topological polar surface area (TPSA) is 105 Å². The molecule has 0 fully saturated rings. The highest BCUT2D eigenvalue weighted by atomic mass is 16.5. The van der Waals surface area contributed by atoms with Gasteiger partial charge in [-0.15, -0.1) is 0 Å². The summed E-state index contributed by atoms with van der Waals surface area (Å²) in [5.41, 5.74) is 2.19. The molecule has 0 aliphatic carbocycles. The second-order valence-electron chi connectivity index (χ2n) is 7.91. The SMILES string of the molecule is C=CC(=O)OCCCCOc1ccc(/C=C/C(=O)c2ccc(OC(=O)C(=C)CC(=O)OC)cc2)c(C)c1. The number of carbonyl (C=O) groups is 4. The van der Waals surface area contributed by atoms with Crippen LogP contribution in [0, 0.1) is 6.92 Å². The fourth-order valence-electron chi connectivity index (χ4n) is 3.00. The summed E-state index contributed by atoms with van der Waals surface area (Å²) in [6, 6.07) is 11.6. The van der Waals surface area contributed by atoms with Crippen LogP contribution in [-0.2, 0) is 23.9 Å². The van der Waals surface area contributed by atoms with E-state index in [-0.39, 0.29) is 23.5 Å². The number of esters is 3. The zero-order valence-corrected chi connectivity index (χ0v) is 21.0. The molecule has 0 saturated carbocycles. The van der Waals surface area contributed by atoms with Crippen molar-refractivity contribution >= 4 is 29.8 Å². The monoisotopic (exact) mass is 506 g/mol. The number of methoxy groups -OCH3 is 1. The van der Waals surface area contributed by atoms with E-state index >= 15 is 0 Å². The minimum Gasteiger partial charge on any atom is -0.494 e. The van der Waals surface area contributed by atoms with E-state index < -0.39 is 17.9 Å². The molecule has 0 aliphatic heterocycles. The number of ketones is 1. The first-order chi connectivity index (χ1) is 17.7. The summed E-state index contributed by atoms with van der Waals surface area (Å²) >= 11 is 0. The number of rotatable bonds is 14. The number of aryl methyl sites for hydroxylation is 1. The van der Waals surface area contributed by atoms with Gasteiger partial charge in [0.05, 0.1) is 26.7 Å². The molecule has 0 bridgehead atoms. The quantitative estimate of drug-likeness (QED) is 0.118. The van der Waals surface area contributed by atoms with Crippen molar-refractivity contribution in [2.75, 3.05) is 20.3 Å². The molecule has 0 unspecified atom stereocenters. The van der Waals surface area contributed by atoms with E-state index in [1.165, 1.54) is 25.3 Å². The van der Waals surface area contributed by atoms with Crippen LogP contribution in [0.15, 0.2) is 73.3 Å². The second kappa shape index (κ2) is 14.8. The first-order valence-corrected chi connectivity index (χ1v) is 11.6. The van der Waals surface area contributed by atoms with E-state index in [2.05, 4.69) is 17.9 Å². The zero-order chi connectivity index (χ0) is 27.2. The Balaban J connectivity index is 1.85. The second-order valence-corrected chi connectivity index (χ2v) is 7.91. The lowest BCUT2D eigenvalue weighted by atomic mass is 10.1. The highest BCUT2D eigenvalue weighted by molar-refractivity contribution is 6.07. The number of carbonyl (C=O) groups excluding carboxylic acids is 4. The first kappa shape index (κ1) is 28.8. The molecule has 0 amide bonds. The van der Waals surface area contributed by atoms with Gasteiger partial charge in [0.2, 0.25) is 0 Å². The summed E-state index contributed by atoms with van der Waals surface area (Å²) in [5.74, 6) is -1.06. The maximum absolute atomic E-state index is 12.6. The predicted molar refractivity (Wildman–Crippen MR) is 138 cm³/mol. The van der Waals surface area contributed by atoms with Crippen LogP contribution in [0.1, 0.15) is 40.7 Å². The maximum Gasteiger partial charge on any atom is 0.339 e. The van der Waals surface area contributed by atoms with Gasteiger partial charge in [-0.1, -0.05) is 25.3 Å². The minimum absolute atomic E-state index is 0.0340. The summed E-state index contributed by atoms with van der Waals surface area (Å²) in [7, 11) is 1.22. The van der Waals surface area contributed by atoms with Crippen molar-refractivity contribution in [1.29, 1.82) is 0 Å². The Morgan fingerprint density at radius 3 is 2.27 bits per heavy atom. The van der Waals surface area contributed by atoms with E-state index in [1.807, 2.05) is 25.1 Å². The van der Waals surface area contributed by atoms with Crippen LogP contribution in [-0.4, -0.2) is 44.0 Å². The number of unbranched alkanes of at least 4 members (excludes halogenated alkanes) is 1. The minimum atomic E-state index is -0.749. The van der Waals surface area contributed by atoms with Gasteiger partial charge in [-0.05, 0) is 73.4 Å². The average molecular weight is 507 g/mol. The molecule has 0 saturated heterocycles. The van der Waals surface area contributed by atoms with Crippen molar-refractivity contribution in [2.24, 2.45) is 0 Å². The third kappa shape index (κ3) is 9.97. The lowest BCUT2D eigenvalue weighted by Crippen LogP contribution is -2.14. The summed E-state index contributed by atoms with van der Waals surface area (Å²) in [4.78, 5) is 46.8. The zero-order valence-electron chi connectivity index (χ0n) is 21.0. The van der Waals surface area contributed by atoms with E-state index in [0.717, 1.165) is 23.6 Å². The standard InChI is InChI=1S/C29H30O8/c1-5-27(31)36-17-7-6-16-35-25-14-8-22(20(2)18-25)11-15-26(30)23-9-12-24(13-10-23)37-29(33)21(3)19-28(32)34-4/h5,8-15,18H,1,3,6-7,16-17,19H2,2,4H3/b15-11+. The molecular weight excluding hydrogens is 476 g/mol. The van der Waals surface area contributed by atoms with Gasteiger partial charge in [-0.3, -0.25) is 9.59 Å². The molecule has 37 heavy (non-hydrogen) atoms. The molecule has 8 nitrogen and oxygen atoms in total. The third-order valence-corrected chi connectivity index (χ3v) is 5.10.